The number of hydrogen-bond donors (Lipinski definition) is 6. The molecule has 1 rings (SSSR count). The van der Waals surface area contributed by atoms with Crippen LogP contribution in [0.5, 0.6) is 0 Å². The van der Waals surface area contributed by atoms with E-state index in [-0.39, 0.29) is 12.5 Å². The van der Waals surface area contributed by atoms with E-state index in [0.717, 1.165) is 38.5 Å². The maximum Gasteiger partial charge on any atom is 0.220 e. The van der Waals surface area contributed by atoms with Gasteiger partial charge in [-0.25, -0.2) is 0 Å². The molecule has 0 saturated carbocycles. The first-order valence-corrected chi connectivity index (χ1v) is 25.4. The summed E-state index contributed by atoms with van der Waals surface area (Å²) in [5.41, 5.74) is 0. The zero-order valence-electron chi connectivity index (χ0n) is 38.5. The van der Waals surface area contributed by atoms with E-state index in [0.29, 0.717) is 12.8 Å². The molecule has 1 saturated heterocycles. The number of hydrogen-bond acceptors (Lipinski definition) is 8. The van der Waals surface area contributed by atoms with Gasteiger partial charge in [-0.3, -0.25) is 4.79 Å². The summed E-state index contributed by atoms with van der Waals surface area (Å²) in [7, 11) is 0. The average molecular weight is 840 g/mol. The fraction of sp³-hybridized carbons (Fsp3) is 0.940. The number of allylic oxidation sites excluding steroid dienone is 2. The van der Waals surface area contributed by atoms with E-state index in [1.54, 1.807) is 0 Å². The smallest absolute Gasteiger partial charge is 0.220 e. The molecule has 9 nitrogen and oxygen atoms in total. The van der Waals surface area contributed by atoms with Crippen LogP contribution in [0.1, 0.15) is 245 Å². The summed E-state index contributed by atoms with van der Waals surface area (Å²) < 4.78 is 11.3. The van der Waals surface area contributed by atoms with Gasteiger partial charge in [0.15, 0.2) is 6.29 Å². The minimum atomic E-state index is -1.55. The molecule has 0 aliphatic carbocycles. The van der Waals surface area contributed by atoms with Gasteiger partial charge in [-0.1, -0.05) is 212 Å². The predicted octanol–water partition coefficient (Wildman–Crippen LogP) is 11.3. The molecule has 1 heterocycles. The first kappa shape index (κ1) is 55.9. The highest BCUT2D eigenvalue weighted by Gasteiger charge is 2.44. The van der Waals surface area contributed by atoms with Crippen molar-refractivity contribution in [3.63, 3.8) is 0 Å². The van der Waals surface area contributed by atoms with Crippen molar-refractivity contribution < 1.29 is 39.8 Å². The molecule has 1 aliphatic heterocycles. The van der Waals surface area contributed by atoms with Crippen molar-refractivity contribution in [2.75, 3.05) is 13.2 Å². The fourth-order valence-electron chi connectivity index (χ4n) is 8.27. The van der Waals surface area contributed by atoms with Crippen LogP contribution in [-0.4, -0.2) is 87.5 Å². The Morgan fingerprint density at radius 1 is 0.559 bits per heavy atom. The van der Waals surface area contributed by atoms with E-state index in [2.05, 4.69) is 31.3 Å². The highest BCUT2D eigenvalue weighted by molar-refractivity contribution is 5.76. The molecule has 1 aliphatic rings. The summed E-state index contributed by atoms with van der Waals surface area (Å²) in [5.74, 6) is -0.146. The van der Waals surface area contributed by atoms with Crippen molar-refractivity contribution in [1.29, 1.82) is 0 Å². The third-order valence-electron chi connectivity index (χ3n) is 12.4. The van der Waals surface area contributed by atoms with E-state index < -0.39 is 49.5 Å². The molecule has 59 heavy (non-hydrogen) atoms. The van der Waals surface area contributed by atoms with E-state index >= 15 is 0 Å². The Kier molecular flexibility index (Phi) is 38.9. The van der Waals surface area contributed by atoms with Crippen LogP contribution >= 0.6 is 0 Å². The number of carbonyl (C=O) groups excluding carboxylic acids is 1. The first-order chi connectivity index (χ1) is 28.8. The number of ether oxygens (including phenoxy) is 2. The van der Waals surface area contributed by atoms with E-state index in [1.165, 1.54) is 180 Å². The second-order valence-electron chi connectivity index (χ2n) is 18.0. The topological polar surface area (TPSA) is 149 Å². The Morgan fingerprint density at radius 2 is 0.949 bits per heavy atom. The molecule has 0 spiro atoms. The van der Waals surface area contributed by atoms with Gasteiger partial charge in [0, 0.05) is 6.42 Å². The van der Waals surface area contributed by atoms with E-state index in [9.17, 15) is 30.3 Å². The van der Waals surface area contributed by atoms with Gasteiger partial charge in [0.2, 0.25) is 5.91 Å². The van der Waals surface area contributed by atoms with Crippen molar-refractivity contribution in [2.45, 2.75) is 288 Å². The molecular weight excluding hydrogens is 743 g/mol. The molecule has 350 valence electrons. The predicted molar refractivity (Wildman–Crippen MR) is 244 cm³/mol. The molecular formula is C50H97NO8. The van der Waals surface area contributed by atoms with Crippen LogP contribution in [0.15, 0.2) is 12.2 Å². The Balaban J connectivity index is 2.28. The monoisotopic (exact) mass is 840 g/mol. The Labute approximate surface area is 363 Å². The van der Waals surface area contributed by atoms with E-state index in [1.807, 2.05) is 0 Å². The molecule has 0 bridgehead atoms. The maximum absolute atomic E-state index is 13.0. The molecule has 0 aromatic heterocycles. The Morgan fingerprint density at radius 3 is 1.37 bits per heavy atom. The largest absolute Gasteiger partial charge is 0.394 e. The molecule has 0 radical (unpaired) electrons. The number of unbranched alkanes of at least 4 members (excludes halogenated alkanes) is 31. The summed E-state index contributed by atoms with van der Waals surface area (Å²) in [6.45, 7) is 3.85. The number of carbonyl (C=O) groups is 1. The third-order valence-corrected chi connectivity index (χ3v) is 12.4. The summed E-state index contributed by atoms with van der Waals surface area (Å²) in [4.78, 5) is 13.0. The summed E-state index contributed by atoms with van der Waals surface area (Å²) >= 11 is 0. The van der Waals surface area contributed by atoms with Crippen LogP contribution in [0, 0.1) is 0 Å². The SMILES string of the molecule is CCCCCCCCCC/C=C\CCCCCCCCCC(=O)NC(COC1OC(CO)C(O)C(O)C1O)C(O)CCCCCCCCCCCCCCCCCCC. The zero-order chi connectivity index (χ0) is 43.0. The third kappa shape index (κ3) is 31.4. The second-order valence-corrected chi connectivity index (χ2v) is 18.0. The molecule has 9 heteroatoms. The number of amides is 1. The van der Waals surface area contributed by atoms with Crippen molar-refractivity contribution in [2.24, 2.45) is 0 Å². The quantitative estimate of drug-likeness (QED) is 0.0263. The highest BCUT2D eigenvalue weighted by Crippen LogP contribution is 2.23. The van der Waals surface area contributed by atoms with Crippen LogP contribution in [-0.2, 0) is 14.3 Å². The highest BCUT2D eigenvalue weighted by atomic mass is 16.7. The second kappa shape index (κ2) is 41.0. The molecule has 1 amide bonds. The number of rotatable bonds is 43. The normalized spacial score (nSPS) is 20.7. The van der Waals surface area contributed by atoms with E-state index in [4.69, 9.17) is 9.47 Å². The lowest BCUT2D eigenvalue weighted by molar-refractivity contribution is -0.302. The van der Waals surface area contributed by atoms with Gasteiger partial charge in [-0.15, -0.1) is 0 Å². The molecule has 6 N–H and O–H groups in total. The van der Waals surface area contributed by atoms with Crippen molar-refractivity contribution in [3.05, 3.63) is 12.2 Å². The molecule has 0 aromatic carbocycles. The standard InChI is InChI=1S/C50H97NO8/c1-3-5-7-9-11-13-15-17-19-21-22-24-26-28-30-32-34-36-38-40-46(54)51-43(42-58-50-49(57)48(56)47(55)45(41-52)59-50)44(53)39-37-35-33-31-29-27-25-23-20-18-16-14-12-10-8-6-4-2/h21-22,43-45,47-50,52-53,55-57H,3-20,23-42H2,1-2H3,(H,51,54)/b22-21-. The average Bonchev–Trinajstić information content (AvgIpc) is 3.23. The van der Waals surface area contributed by atoms with Gasteiger partial charge in [-0.2, -0.15) is 0 Å². The van der Waals surface area contributed by atoms with Gasteiger partial charge in [-0.05, 0) is 38.5 Å². The van der Waals surface area contributed by atoms with Crippen molar-refractivity contribution in [3.8, 4) is 0 Å². The lowest BCUT2D eigenvalue weighted by atomic mass is 9.99. The minimum absolute atomic E-state index is 0.136. The van der Waals surface area contributed by atoms with Crippen LogP contribution in [0.2, 0.25) is 0 Å². The Bertz CT molecular complexity index is 935. The van der Waals surface area contributed by atoms with Gasteiger partial charge in [0.05, 0.1) is 25.4 Å². The zero-order valence-corrected chi connectivity index (χ0v) is 38.5. The Hall–Kier alpha value is -1.07. The summed E-state index contributed by atoms with van der Waals surface area (Å²) in [5, 5.41) is 54.5. The van der Waals surface area contributed by atoms with Gasteiger partial charge < -0.3 is 40.3 Å². The lowest BCUT2D eigenvalue weighted by Gasteiger charge is -2.40. The van der Waals surface area contributed by atoms with Crippen LogP contribution in [0.3, 0.4) is 0 Å². The molecule has 7 atom stereocenters. The first-order valence-electron chi connectivity index (χ1n) is 25.4. The number of aliphatic hydroxyl groups excluding tert-OH is 5. The minimum Gasteiger partial charge on any atom is -0.394 e. The van der Waals surface area contributed by atoms with Gasteiger partial charge >= 0.3 is 0 Å². The van der Waals surface area contributed by atoms with Crippen LogP contribution < -0.4 is 5.32 Å². The van der Waals surface area contributed by atoms with Crippen LogP contribution in [0.25, 0.3) is 0 Å². The fourth-order valence-corrected chi connectivity index (χ4v) is 8.27. The molecule has 0 aromatic rings. The van der Waals surface area contributed by atoms with Crippen LogP contribution in [0.4, 0.5) is 0 Å². The maximum atomic E-state index is 13.0. The summed E-state index contributed by atoms with van der Waals surface area (Å²) in [6, 6.07) is -0.717. The molecule has 7 unspecified atom stereocenters. The van der Waals surface area contributed by atoms with Crippen molar-refractivity contribution >= 4 is 5.91 Å². The number of aliphatic hydroxyl groups is 5. The summed E-state index contributed by atoms with van der Waals surface area (Å²) in [6.07, 6.45) is 40.7. The number of nitrogens with one attached hydrogen (secondary N) is 1. The van der Waals surface area contributed by atoms with Gasteiger partial charge in [0.25, 0.3) is 0 Å². The van der Waals surface area contributed by atoms with Crippen molar-refractivity contribution in [1.82, 2.24) is 5.32 Å². The lowest BCUT2D eigenvalue weighted by Crippen LogP contribution is -2.60. The molecule has 1 fully saturated rings. The van der Waals surface area contributed by atoms with Gasteiger partial charge in [0.1, 0.15) is 24.4 Å².